The molecule has 0 fully saturated rings. The molecular formula is C22H28N4O6. The number of hydrogen-bond acceptors (Lipinski definition) is 8. The van der Waals surface area contributed by atoms with Crippen molar-refractivity contribution in [1.29, 1.82) is 0 Å². The van der Waals surface area contributed by atoms with Gasteiger partial charge < -0.3 is 19.3 Å². The maximum absolute atomic E-state index is 12.3. The lowest BCUT2D eigenvalue weighted by atomic mass is 9.91. The molecule has 10 heteroatoms. The molecule has 0 radical (unpaired) electrons. The van der Waals surface area contributed by atoms with E-state index in [9.17, 15) is 14.7 Å². The smallest absolute Gasteiger partial charge is 0.331 e. The average molecular weight is 444 g/mol. The van der Waals surface area contributed by atoms with E-state index in [0.717, 1.165) is 35.1 Å². The Kier molecular flexibility index (Phi) is 6.22. The molecule has 0 saturated carbocycles. The molecule has 0 bridgehead atoms. The number of aromatic amines is 1. The van der Waals surface area contributed by atoms with Crippen LogP contribution in [0, 0.1) is 0 Å². The highest BCUT2D eigenvalue weighted by Gasteiger charge is 2.33. The van der Waals surface area contributed by atoms with Gasteiger partial charge in [-0.3, -0.25) is 24.2 Å². The van der Waals surface area contributed by atoms with Crippen LogP contribution in [0.4, 0.5) is 0 Å². The summed E-state index contributed by atoms with van der Waals surface area (Å²) in [5.74, 6) is 1.54. The van der Waals surface area contributed by atoms with E-state index in [0.29, 0.717) is 36.8 Å². The zero-order valence-electron chi connectivity index (χ0n) is 18.5. The number of hydrogen-bond donors (Lipinski definition) is 2. The fourth-order valence-electron chi connectivity index (χ4n) is 4.21. The minimum atomic E-state index is -0.664. The van der Waals surface area contributed by atoms with Gasteiger partial charge >= 0.3 is 5.69 Å². The summed E-state index contributed by atoms with van der Waals surface area (Å²) in [5, 5.41) is 10.5. The number of likely N-dealkylation sites (N-methyl/N-ethyl adjacent to an activating group) is 1. The maximum atomic E-state index is 12.3. The fourth-order valence-corrected chi connectivity index (χ4v) is 4.21. The van der Waals surface area contributed by atoms with Crippen molar-refractivity contribution < 1.29 is 19.3 Å². The van der Waals surface area contributed by atoms with Crippen molar-refractivity contribution >= 4 is 6.21 Å². The van der Waals surface area contributed by atoms with Gasteiger partial charge in [-0.25, -0.2) is 4.79 Å². The van der Waals surface area contributed by atoms with E-state index in [1.807, 2.05) is 20.0 Å². The van der Waals surface area contributed by atoms with Crippen molar-refractivity contribution in [1.82, 2.24) is 14.5 Å². The zero-order chi connectivity index (χ0) is 22.8. The number of aromatic nitrogens is 2. The molecule has 0 saturated heterocycles. The Morgan fingerprint density at radius 1 is 1.38 bits per heavy atom. The van der Waals surface area contributed by atoms with E-state index in [4.69, 9.17) is 14.2 Å². The van der Waals surface area contributed by atoms with E-state index < -0.39 is 11.2 Å². The van der Waals surface area contributed by atoms with Crippen molar-refractivity contribution in [2.45, 2.75) is 38.8 Å². The Bertz CT molecular complexity index is 1150. The van der Waals surface area contributed by atoms with Gasteiger partial charge in [-0.1, -0.05) is 13.3 Å². The van der Waals surface area contributed by atoms with Crippen molar-refractivity contribution in [2.75, 3.05) is 34.0 Å². The number of rotatable bonds is 7. The fraction of sp³-hybridized carbons (Fsp3) is 0.500. The highest BCUT2D eigenvalue weighted by Crippen LogP contribution is 2.49. The molecule has 32 heavy (non-hydrogen) atoms. The molecule has 10 nitrogen and oxygen atoms in total. The first-order valence-corrected chi connectivity index (χ1v) is 10.7. The first kappa shape index (κ1) is 21.9. The van der Waals surface area contributed by atoms with Gasteiger partial charge in [-0.15, -0.1) is 0 Å². The Hall–Kier alpha value is -3.27. The number of methoxy groups -OCH3 is 1. The summed E-state index contributed by atoms with van der Waals surface area (Å²) in [6.45, 7) is 3.61. The molecular weight excluding hydrogens is 416 g/mol. The van der Waals surface area contributed by atoms with Crippen LogP contribution in [0.25, 0.3) is 0 Å². The summed E-state index contributed by atoms with van der Waals surface area (Å²) in [7, 11) is 3.60. The third-order valence-electron chi connectivity index (χ3n) is 5.99. The number of aromatic hydroxyl groups is 1. The van der Waals surface area contributed by atoms with E-state index in [2.05, 4.69) is 14.9 Å². The summed E-state index contributed by atoms with van der Waals surface area (Å²) < 4.78 is 18.0. The summed E-state index contributed by atoms with van der Waals surface area (Å²) >= 11 is 0. The first-order chi connectivity index (χ1) is 15.5. The SMILES string of the molecule is CCCCn1c(O)c(C=NC[C@@H]2c3c(cc4c(c3OC)OCO4)CCN2C)c(=O)[nH]c1=O. The first-order valence-electron chi connectivity index (χ1n) is 10.7. The lowest BCUT2D eigenvalue weighted by Crippen LogP contribution is -2.34. The summed E-state index contributed by atoms with van der Waals surface area (Å²) in [5.41, 5.74) is 0.770. The van der Waals surface area contributed by atoms with E-state index in [-0.39, 0.29) is 24.3 Å². The minimum Gasteiger partial charge on any atom is -0.494 e. The van der Waals surface area contributed by atoms with Crippen molar-refractivity contribution in [3.05, 3.63) is 43.6 Å². The number of nitrogens with one attached hydrogen (secondary N) is 1. The van der Waals surface area contributed by atoms with Crippen molar-refractivity contribution in [2.24, 2.45) is 4.99 Å². The second-order valence-electron chi connectivity index (χ2n) is 7.96. The van der Waals surface area contributed by atoms with Crippen LogP contribution < -0.4 is 25.5 Å². The third-order valence-corrected chi connectivity index (χ3v) is 5.99. The second-order valence-corrected chi connectivity index (χ2v) is 7.96. The van der Waals surface area contributed by atoms with Crippen molar-refractivity contribution in [3.63, 3.8) is 0 Å². The molecule has 0 aliphatic carbocycles. The number of benzene rings is 1. The molecule has 2 aliphatic heterocycles. The van der Waals surface area contributed by atoms with Gasteiger partial charge in [0.1, 0.15) is 5.56 Å². The second kappa shape index (κ2) is 9.07. The number of aliphatic imine (C=N–C) groups is 1. The van der Waals surface area contributed by atoms with Gasteiger partial charge in [0.05, 0.1) is 19.7 Å². The molecule has 1 aromatic carbocycles. The highest BCUT2D eigenvalue weighted by molar-refractivity contribution is 5.81. The molecule has 2 aromatic rings. The van der Waals surface area contributed by atoms with Crippen LogP contribution in [0.1, 0.15) is 42.5 Å². The van der Waals surface area contributed by atoms with Gasteiger partial charge in [-0.05, 0) is 31.5 Å². The van der Waals surface area contributed by atoms with Crippen LogP contribution in [-0.2, 0) is 13.0 Å². The Balaban J connectivity index is 1.66. The Morgan fingerprint density at radius 3 is 2.94 bits per heavy atom. The largest absolute Gasteiger partial charge is 0.494 e. The zero-order valence-corrected chi connectivity index (χ0v) is 18.5. The van der Waals surface area contributed by atoms with Crippen LogP contribution in [0.2, 0.25) is 0 Å². The number of H-pyrrole nitrogens is 1. The number of nitrogens with zero attached hydrogens (tertiary/aromatic N) is 3. The Labute approximate surface area is 185 Å². The summed E-state index contributed by atoms with van der Waals surface area (Å²) in [6, 6.07) is 1.87. The Morgan fingerprint density at radius 2 is 2.19 bits per heavy atom. The van der Waals surface area contributed by atoms with Crippen LogP contribution in [0.5, 0.6) is 23.1 Å². The lowest BCUT2D eigenvalue weighted by molar-refractivity contribution is 0.170. The maximum Gasteiger partial charge on any atom is 0.331 e. The minimum absolute atomic E-state index is 0.0305. The average Bonchev–Trinajstić information content (AvgIpc) is 3.24. The molecule has 3 heterocycles. The molecule has 0 amide bonds. The van der Waals surface area contributed by atoms with Crippen LogP contribution in [0.3, 0.4) is 0 Å². The number of ether oxygens (including phenoxy) is 3. The summed E-state index contributed by atoms with van der Waals surface area (Å²) in [4.78, 5) is 33.2. The van der Waals surface area contributed by atoms with Crippen molar-refractivity contribution in [3.8, 4) is 23.1 Å². The number of fused-ring (bicyclic) bond motifs is 2. The normalized spacial score (nSPS) is 17.7. The van der Waals surface area contributed by atoms with Gasteiger partial charge in [0.25, 0.3) is 5.56 Å². The van der Waals surface area contributed by atoms with Gasteiger partial charge in [-0.2, -0.15) is 0 Å². The highest BCUT2D eigenvalue weighted by atomic mass is 16.7. The number of unbranched alkanes of at least 4 members (excludes halogenated alkanes) is 1. The molecule has 1 aromatic heterocycles. The monoisotopic (exact) mass is 444 g/mol. The third kappa shape index (κ3) is 3.86. The predicted molar refractivity (Wildman–Crippen MR) is 119 cm³/mol. The van der Waals surface area contributed by atoms with E-state index in [1.165, 1.54) is 6.21 Å². The predicted octanol–water partition coefficient (Wildman–Crippen LogP) is 1.43. The molecule has 2 aliphatic rings. The van der Waals surface area contributed by atoms with Crippen LogP contribution in [-0.4, -0.2) is 59.8 Å². The van der Waals surface area contributed by atoms with Gasteiger partial charge in [0.2, 0.25) is 18.4 Å². The molecule has 0 spiro atoms. The lowest BCUT2D eigenvalue weighted by Gasteiger charge is -2.35. The standard InChI is InChI=1S/C22H28N4O6/c1-4-5-7-26-21(28)14(20(27)24-22(26)29)10-23-11-15-17-13(6-8-25(15)2)9-16-18(19(17)30-3)32-12-31-16/h9-10,15,28H,4-8,11-12H2,1-3H3,(H,24,27,29)/t15-/m1/s1. The summed E-state index contributed by atoms with van der Waals surface area (Å²) in [6.07, 6.45) is 3.72. The van der Waals surface area contributed by atoms with E-state index >= 15 is 0 Å². The van der Waals surface area contributed by atoms with Crippen LogP contribution >= 0.6 is 0 Å². The molecule has 2 N–H and O–H groups in total. The van der Waals surface area contributed by atoms with Gasteiger partial charge in [0, 0.05) is 24.9 Å². The quantitative estimate of drug-likeness (QED) is 0.620. The molecule has 4 rings (SSSR count). The molecule has 1 atom stereocenters. The van der Waals surface area contributed by atoms with E-state index in [1.54, 1.807) is 7.11 Å². The van der Waals surface area contributed by atoms with Crippen LogP contribution in [0.15, 0.2) is 20.6 Å². The molecule has 172 valence electrons. The van der Waals surface area contributed by atoms with Gasteiger partial charge in [0.15, 0.2) is 11.5 Å². The topological polar surface area (TPSA) is 118 Å². The molecule has 0 unspecified atom stereocenters.